The van der Waals surface area contributed by atoms with Crippen LogP contribution in [0.1, 0.15) is 48.3 Å². The molecule has 1 aliphatic carbocycles. The molecular formula is C23H28N2O4. The van der Waals surface area contributed by atoms with Crippen molar-refractivity contribution in [1.82, 2.24) is 4.90 Å². The molecule has 2 aromatic rings. The van der Waals surface area contributed by atoms with Gasteiger partial charge in [-0.05, 0) is 62.4 Å². The maximum absolute atomic E-state index is 12.2. The zero-order valence-corrected chi connectivity index (χ0v) is 17.0. The second kappa shape index (κ2) is 9.65. The zero-order chi connectivity index (χ0) is 20.8. The Morgan fingerprint density at radius 1 is 1.00 bits per heavy atom. The number of rotatable bonds is 7. The Bertz CT molecular complexity index is 823. The first-order valence-electron chi connectivity index (χ1n) is 10.1. The second-order valence-corrected chi connectivity index (χ2v) is 8.04. The highest BCUT2D eigenvalue weighted by molar-refractivity contribution is 5.72. The number of carbonyl (C=O) groups excluding carboxylic acids is 1. The number of esters is 1. The summed E-state index contributed by atoms with van der Waals surface area (Å²) in [7, 11) is 4.14. The summed E-state index contributed by atoms with van der Waals surface area (Å²) < 4.78 is 5.64. The highest BCUT2D eigenvalue weighted by Crippen LogP contribution is 2.34. The van der Waals surface area contributed by atoms with E-state index in [1.54, 1.807) is 12.1 Å². The van der Waals surface area contributed by atoms with Crippen molar-refractivity contribution < 1.29 is 14.5 Å². The fourth-order valence-corrected chi connectivity index (χ4v) is 3.90. The van der Waals surface area contributed by atoms with Gasteiger partial charge < -0.3 is 9.64 Å². The third kappa shape index (κ3) is 6.12. The van der Waals surface area contributed by atoms with E-state index in [-0.39, 0.29) is 24.2 Å². The van der Waals surface area contributed by atoms with Crippen molar-refractivity contribution in [2.45, 2.75) is 50.7 Å². The highest BCUT2D eigenvalue weighted by atomic mass is 16.6. The smallest absolute Gasteiger partial charge is 0.310 e. The molecule has 0 unspecified atom stereocenters. The van der Waals surface area contributed by atoms with E-state index in [0.717, 1.165) is 37.8 Å². The molecule has 2 aromatic carbocycles. The van der Waals surface area contributed by atoms with Gasteiger partial charge in [0.05, 0.1) is 11.3 Å². The Balaban J connectivity index is 1.45. The first-order valence-corrected chi connectivity index (χ1v) is 10.1. The van der Waals surface area contributed by atoms with Gasteiger partial charge >= 0.3 is 5.97 Å². The van der Waals surface area contributed by atoms with Gasteiger partial charge in [0.25, 0.3) is 5.69 Å². The molecule has 0 bridgehead atoms. The molecule has 0 saturated heterocycles. The molecule has 0 N–H and O–H groups in total. The van der Waals surface area contributed by atoms with E-state index in [0.29, 0.717) is 5.92 Å². The van der Waals surface area contributed by atoms with Crippen LogP contribution < -0.4 is 0 Å². The molecule has 29 heavy (non-hydrogen) atoms. The van der Waals surface area contributed by atoms with Crippen LogP contribution in [-0.4, -0.2) is 36.0 Å². The minimum atomic E-state index is -0.448. The zero-order valence-electron chi connectivity index (χ0n) is 17.0. The number of nitrogens with zero attached hydrogens (tertiary/aromatic N) is 2. The van der Waals surface area contributed by atoms with Crippen LogP contribution in [0.25, 0.3) is 0 Å². The van der Waals surface area contributed by atoms with Crippen LogP contribution in [0.15, 0.2) is 48.5 Å². The van der Waals surface area contributed by atoms with Gasteiger partial charge in [0.1, 0.15) is 6.10 Å². The van der Waals surface area contributed by atoms with Gasteiger partial charge in [0, 0.05) is 18.7 Å². The molecule has 1 aliphatic rings. The molecule has 6 heteroatoms. The van der Waals surface area contributed by atoms with Crippen molar-refractivity contribution in [3.8, 4) is 0 Å². The fraction of sp³-hybridized carbons (Fsp3) is 0.435. The topological polar surface area (TPSA) is 72.7 Å². The van der Waals surface area contributed by atoms with Gasteiger partial charge in [-0.15, -0.1) is 0 Å². The Kier molecular flexibility index (Phi) is 6.99. The summed E-state index contributed by atoms with van der Waals surface area (Å²) in [6.45, 7) is 0.942. The van der Waals surface area contributed by atoms with E-state index < -0.39 is 4.92 Å². The maximum atomic E-state index is 12.2. The maximum Gasteiger partial charge on any atom is 0.310 e. The van der Waals surface area contributed by atoms with Crippen LogP contribution in [0.5, 0.6) is 0 Å². The van der Waals surface area contributed by atoms with Crippen LogP contribution in [0, 0.1) is 10.1 Å². The summed E-state index contributed by atoms with van der Waals surface area (Å²) in [6.07, 6.45) is 3.88. The number of nitro groups is 1. The van der Waals surface area contributed by atoms with Crippen molar-refractivity contribution in [3.05, 3.63) is 75.3 Å². The Morgan fingerprint density at radius 2 is 1.59 bits per heavy atom. The molecule has 0 spiro atoms. The predicted molar refractivity (Wildman–Crippen MR) is 112 cm³/mol. The molecule has 0 atom stereocenters. The number of hydrogen-bond acceptors (Lipinski definition) is 5. The van der Waals surface area contributed by atoms with Gasteiger partial charge in [0.15, 0.2) is 0 Å². The number of ether oxygens (including phenoxy) is 1. The predicted octanol–water partition coefficient (Wildman–Crippen LogP) is 4.47. The van der Waals surface area contributed by atoms with Crippen molar-refractivity contribution >= 4 is 11.7 Å². The minimum Gasteiger partial charge on any atom is -0.462 e. The van der Waals surface area contributed by atoms with Gasteiger partial charge in [-0.3, -0.25) is 14.9 Å². The van der Waals surface area contributed by atoms with Gasteiger partial charge in [-0.1, -0.05) is 36.4 Å². The number of hydrogen-bond donors (Lipinski definition) is 0. The van der Waals surface area contributed by atoms with E-state index in [1.807, 2.05) is 0 Å². The number of carbonyl (C=O) groups is 1. The van der Waals surface area contributed by atoms with E-state index in [4.69, 9.17) is 4.74 Å². The molecule has 154 valence electrons. The average molecular weight is 396 g/mol. The molecule has 0 radical (unpaired) electrons. The summed E-state index contributed by atoms with van der Waals surface area (Å²) in [5, 5.41) is 10.7. The highest BCUT2D eigenvalue weighted by Gasteiger charge is 2.25. The lowest BCUT2D eigenvalue weighted by atomic mass is 9.82. The SMILES string of the molecule is CN(C)Cc1ccc(C2CCC(OC(=O)Cc3ccc([N+](=O)[O-])cc3)CC2)cc1. The molecule has 1 fully saturated rings. The first kappa shape index (κ1) is 21.0. The molecule has 3 rings (SSSR count). The number of nitro benzene ring substituents is 1. The summed E-state index contributed by atoms with van der Waals surface area (Å²) in [6, 6.07) is 14.9. The van der Waals surface area contributed by atoms with Crippen LogP contribution in [0.2, 0.25) is 0 Å². The lowest BCUT2D eigenvalue weighted by molar-refractivity contribution is -0.384. The quantitative estimate of drug-likeness (QED) is 0.392. The first-order chi connectivity index (χ1) is 13.9. The van der Waals surface area contributed by atoms with E-state index in [9.17, 15) is 14.9 Å². The van der Waals surface area contributed by atoms with Crippen molar-refractivity contribution in [2.24, 2.45) is 0 Å². The lowest BCUT2D eigenvalue weighted by Gasteiger charge is -2.28. The molecule has 0 amide bonds. The van der Waals surface area contributed by atoms with E-state index >= 15 is 0 Å². The Hall–Kier alpha value is -2.73. The van der Waals surface area contributed by atoms with Crippen LogP contribution in [0.4, 0.5) is 5.69 Å². The summed E-state index contributed by atoms with van der Waals surface area (Å²) >= 11 is 0. The second-order valence-electron chi connectivity index (χ2n) is 8.04. The van der Waals surface area contributed by atoms with Gasteiger partial charge in [0.2, 0.25) is 0 Å². The van der Waals surface area contributed by atoms with Gasteiger partial charge in [-0.2, -0.15) is 0 Å². The van der Waals surface area contributed by atoms with Crippen molar-refractivity contribution in [1.29, 1.82) is 0 Å². The van der Waals surface area contributed by atoms with E-state index in [2.05, 4.69) is 43.3 Å². The third-order valence-corrected chi connectivity index (χ3v) is 5.42. The Morgan fingerprint density at radius 3 is 2.14 bits per heavy atom. The van der Waals surface area contributed by atoms with E-state index in [1.165, 1.54) is 23.3 Å². The molecule has 0 aliphatic heterocycles. The van der Waals surface area contributed by atoms with Crippen LogP contribution in [-0.2, 0) is 22.5 Å². The summed E-state index contributed by atoms with van der Waals surface area (Å²) in [5.74, 6) is 0.253. The summed E-state index contributed by atoms with van der Waals surface area (Å²) in [5.41, 5.74) is 3.43. The standard InChI is InChI=1S/C23H28N2O4/c1-24(2)16-18-3-7-19(8-4-18)20-9-13-22(14-10-20)29-23(26)15-17-5-11-21(12-6-17)25(27)28/h3-8,11-12,20,22H,9-10,13-16H2,1-2H3. The van der Waals surface area contributed by atoms with Crippen molar-refractivity contribution in [2.75, 3.05) is 14.1 Å². The minimum absolute atomic E-state index is 0.0233. The third-order valence-electron chi connectivity index (χ3n) is 5.42. The van der Waals surface area contributed by atoms with Gasteiger partial charge in [-0.25, -0.2) is 0 Å². The normalized spacial score (nSPS) is 19.1. The summed E-state index contributed by atoms with van der Waals surface area (Å²) in [4.78, 5) is 24.6. The average Bonchev–Trinajstić information content (AvgIpc) is 2.69. The molecule has 0 aromatic heterocycles. The fourth-order valence-electron chi connectivity index (χ4n) is 3.90. The monoisotopic (exact) mass is 396 g/mol. The molecule has 0 heterocycles. The van der Waals surface area contributed by atoms with Crippen LogP contribution in [0.3, 0.4) is 0 Å². The van der Waals surface area contributed by atoms with Crippen molar-refractivity contribution in [3.63, 3.8) is 0 Å². The van der Waals surface area contributed by atoms with Crippen LogP contribution >= 0.6 is 0 Å². The Labute approximate surface area is 171 Å². The molecular weight excluding hydrogens is 368 g/mol. The molecule has 6 nitrogen and oxygen atoms in total. The number of non-ortho nitro benzene ring substituents is 1. The lowest BCUT2D eigenvalue weighted by Crippen LogP contribution is -2.24. The molecule has 1 saturated carbocycles. The number of benzene rings is 2. The largest absolute Gasteiger partial charge is 0.462 e.